The molecule has 4 rings (SSSR count). The summed E-state index contributed by atoms with van der Waals surface area (Å²) < 4.78 is 0. The van der Waals surface area contributed by atoms with Crippen LogP contribution < -0.4 is 10.6 Å². The van der Waals surface area contributed by atoms with Crippen molar-refractivity contribution in [3.8, 4) is 0 Å². The van der Waals surface area contributed by atoms with Crippen molar-refractivity contribution in [2.24, 2.45) is 0 Å². The fraction of sp³-hybridized carbons (Fsp3) is 0.318. The zero-order chi connectivity index (χ0) is 19.5. The van der Waals surface area contributed by atoms with Crippen LogP contribution in [0.25, 0.3) is 10.9 Å². The number of para-hydroxylation sites is 1. The van der Waals surface area contributed by atoms with Crippen LogP contribution in [0.5, 0.6) is 0 Å². The van der Waals surface area contributed by atoms with Gasteiger partial charge < -0.3 is 10.6 Å². The summed E-state index contributed by atoms with van der Waals surface area (Å²) >= 11 is 5.78. The minimum atomic E-state index is -0.0904. The Morgan fingerprint density at radius 2 is 1.79 bits per heavy atom. The van der Waals surface area contributed by atoms with Gasteiger partial charge in [-0.05, 0) is 62.4 Å². The van der Waals surface area contributed by atoms with Crippen molar-refractivity contribution in [2.75, 3.05) is 5.32 Å². The van der Waals surface area contributed by atoms with Gasteiger partial charge in [0.25, 0.3) is 5.91 Å². The second kappa shape index (κ2) is 9.42. The molecule has 0 saturated heterocycles. The van der Waals surface area contributed by atoms with Gasteiger partial charge in [-0.25, -0.2) is 9.97 Å². The van der Waals surface area contributed by atoms with Crippen LogP contribution in [-0.4, -0.2) is 28.0 Å². The number of hydrogen-bond acceptors (Lipinski definition) is 4. The zero-order valence-electron chi connectivity index (χ0n) is 16.2. The predicted molar refractivity (Wildman–Crippen MR) is 120 cm³/mol. The van der Waals surface area contributed by atoms with Gasteiger partial charge in [-0.1, -0.05) is 29.8 Å². The van der Waals surface area contributed by atoms with Crippen LogP contribution in [0.4, 0.5) is 5.82 Å². The van der Waals surface area contributed by atoms with Crippen LogP contribution in [0, 0.1) is 6.92 Å². The highest BCUT2D eigenvalue weighted by molar-refractivity contribution is 6.29. The Labute approximate surface area is 181 Å². The van der Waals surface area contributed by atoms with E-state index in [0.717, 1.165) is 37.0 Å². The van der Waals surface area contributed by atoms with Gasteiger partial charge in [-0.2, -0.15) is 0 Å². The van der Waals surface area contributed by atoms with Crippen molar-refractivity contribution in [2.45, 2.75) is 44.7 Å². The topological polar surface area (TPSA) is 66.9 Å². The van der Waals surface area contributed by atoms with Crippen molar-refractivity contribution in [1.29, 1.82) is 0 Å². The molecule has 152 valence electrons. The molecule has 29 heavy (non-hydrogen) atoms. The number of nitrogens with one attached hydrogen (secondary N) is 2. The minimum Gasteiger partial charge on any atom is -0.367 e. The summed E-state index contributed by atoms with van der Waals surface area (Å²) in [5.41, 5.74) is 2.79. The first-order chi connectivity index (χ1) is 13.6. The number of rotatable bonds is 4. The van der Waals surface area contributed by atoms with E-state index in [1.54, 1.807) is 12.1 Å². The Morgan fingerprint density at radius 3 is 2.52 bits per heavy atom. The molecule has 1 aromatic carbocycles. The average molecular weight is 431 g/mol. The van der Waals surface area contributed by atoms with E-state index in [1.165, 1.54) is 17.1 Å². The second-order valence-corrected chi connectivity index (χ2v) is 7.76. The smallest absolute Gasteiger partial charge is 0.253 e. The molecule has 5 nitrogen and oxygen atoms in total. The monoisotopic (exact) mass is 430 g/mol. The molecule has 2 aromatic heterocycles. The number of nitrogens with zero attached hydrogens (tertiary/aromatic N) is 2. The molecule has 0 aliphatic heterocycles. The number of hydrogen-bond donors (Lipinski definition) is 2. The number of aromatic nitrogens is 2. The van der Waals surface area contributed by atoms with Gasteiger partial charge in [0.2, 0.25) is 0 Å². The van der Waals surface area contributed by atoms with E-state index in [1.807, 2.05) is 18.2 Å². The summed E-state index contributed by atoms with van der Waals surface area (Å²) in [4.78, 5) is 21.1. The van der Waals surface area contributed by atoms with Gasteiger partial charge in [-0.15, -0.1) is 12.4 Å². The molecule has 0 bridgehead atoms. The summed E-state index contributed by atoms with van der Waals surface area (Å²) in [7, 11) is 0. The fourth-order valence-corrected chi connectivity index (χ4v) is 3.91. The standard InChI is InChI=1S/C22H23ClN4O.ClH/c1-14-12-21(27-19-5-3-2-4-18(14)19)25-16-7-9-17(10-8-16)26-22(28)15-6-11-20(23)24-13-15;/h2-6,11-13,16-17H,7-10H2,1H3,(H,25,27)(H,26,28);1H/t16-,17+;. The summed E-state index contributed by atoms with van der Waals surface area (Å²) in [6, 6.07) is 14.2. The molecule has 2 N–H and O–H groups in total. The number of carbonyl (C=O) groups is 1. The molecule has 3 aromatic rings. The molecule has 7 heteroatoms. The highest BCUT2D eigenvalue weighted by Gasteiger charge is 2.23. The number of pyridine rings is 2. The van der Waals surface area contributed by atoms with E-state index in [2.05, 4.69) is 34.7 Å². The van der Waals surface area contributed by atoms with Crippen molar-refractivity contribution in [1.82, 2.24) is 15.3 Å². The van der Waals surface area contributed by atoms with Gasteiger partial charge in [0.1, 0.15) is 11.0 Å². The van der Waals surface area contributed by atoms with E-state index >= 15 is 0 Å². The molecule has 1 fully saturated rings. The molecule has 1 saturated carbocycles. The van der Waals surface area contributed by atoms with E-state index in [-0.39, 0.29) is 24.4 Å². The number of benzene rings is 1. The van der Waals surface area contributed by atoms with Crippen LogP contribution >= 0.6 is 24.0 Å². The number of aryl methyl sites for hydroxylation is 1. The minimum absolute atomic E-state index is 0. The molecule has 0 radical (unpaired) electrons. The predicted octanol–water partition coefficient (Wildman–Crippen LogP) is 5.17. The van der Waals surface area contributed by atoms with Crippen molar-refractivity contribution >= 4 is 46.6 Å². The van der Waals surface area contributed by atoms with Crippen LogP contribution in [0.1, 0.15) is 41.6 Å². The average Bonchev–Trinajstić information content (AvgIpc) is 2.70. The van der Waals surface area contributed by atoms with E-state index in [9.17, 15) is 4.79 Å². The highest BCUT2D eigenvalue weighted by Crippen LogP contribution is 2.25. The maximum Gasteiger partial charge on any atom is 0.253 e. The summed E-state index contributed by atoms with van der Waals surface area (Å²) in [6.45, 7) is 2.12. The van der Waals surface area contributed by atoms with Gasteiger partial charge in [0.15, 0.2) is 0 Å². The lowest BCUT2D eigenvalue weighted by atomic mass is 9.91. The SMILES string of the molecule is Cc1cc(N[C@H]2CC[C@@H](NC(=O)c3ccc(Cl)nc3)CC2)nc2ccccc12.Cl. The lowest BCUT2D eigenvalue weighted by Crippen LogP contribution is -2.40. The molecule has 0 unspecified atom stereocenters. The maximum absolute atomic E-state index is 12.3. The lowest BCUT2D eigenvalue weighted by Gasteiger charge is -2.30. The number of carbonyl (C=O) groups excluding carboxylic acids is 1. The molecule has 1 amide bonds. The number of amides is 1. The first-order valence-corrected chi connectivity index (χ1v) is 10.0. The number of halogens is 2. The Bertz CT molecular complexity index is 986. The molecule has 0 atom stereocenters. The van der Waals surface area contributed by atoms with Crippen molar-refractivity contribution in [3.63, 3.8) is 0 Å². The normalized spacial score (nSPS) is 18.7. The molecular weight excluding hydrogens is 407 g/mol. The van der Waals surface area contributed by atoms with Crippen molar-refractivity contribution in [3.05, 3.63) is 64.9 Å². The van der Waals surface area contributed by atoms with Gasteiger partial charge in [0, 0.05) is 23.7 Å². The summed E-state index contributed by atoms with van der Waals surface area (Å²) in [6.07, 6.45) is 5.39. The highest BCUT2D eigenvalue weighted by atomic mass is 35.5. The Morgan fingerprint density at radius 1 is 1.07 bits per heavy atom. The molecule has 1 aliphatic rings. The van der Waals surface area contributed by atoms with Gasteiger partial charge in [0.05, 0.1) is 11.1 Å². The van der Waals surface area contributed by atoms with Gasteiger partial charge >= 0.3 is 0 Å². The van der Waals surface area contributed by atoms with E-state index < -0.39 is 0 Å². The molecular formula is C22H24Cl2N4O. The van der Waals surface area contributed by atoms with E-state index in [0.29, 0.717) is 16.8 Å². The van der Waals surface area contributed by atoms with Crippen LogP contribution in [0.2, 0.25) is 5.15 Å². The molecule has 2 heterocycles. The first kappa shape index (κ1) is 21.3. The lowest BCUT2D eigenvalue weighted by molar-refractivity contribution is 0.0926. The Hall–Kier alpha value is -2.37. The van der Waals surface area contributed by atoms with Gasteiger partial charge in [-0.3, -0.25) is 4.79 Å². The molecule has 1 aliphatic carbocycles. The summed E-state index contributed by atoms with van der Waals surface area (Å²) in [5.74, 6) is 0.836. The maximum atomic E-state index is 12.3. The number of fused-ring (bicyclic) bond motifs is 1. The largest absolute Gasteiger partial charge is 0.367 e. The van der Waals surface area contributed by atoms with Crippen LogP contribution in [0.3, 0.4) is 0 Å². The third-order valence-electron chi connectivity index (χ3n) is 5.33. The third kappa shape index (κ3) is 5.17. The van der Waals surface area contributed by atoms with Crippen LogP contribution in [0.15, 0.2) is 48.7 Å². The Balaban J connectivity index is 0.00000240. The van der Waals surface area contributed by atoms with Crippen LogP contribution in [-0.2, 0) is 0 Å². The third-order valence-corrected chi connectivity index (χ3v) is 5.55. The Kier molecular flexibility index (Phi) is 6.93. The zero-order valence-corrected chi connectivity index (χ0v) is 17.8. The first-order valence-electron chi connectivity index (χ1n) is 9.64. The second-order valence-electron chi connectivity index (χ2n) is 7.38. The van der Waals surface area contributed by atoms with E-state index in [4.69, 9.17) is 16.6 Å². The molecule has 0 spiro atoms. The number of anilines is 1. The van der Waals surface area contributed by atoms with Crippen molar-refractivity contribution < 1.29 is 4.79 Å². The quantitative estimate of drug-likeness (QED) is 0.560. The summed E-state index contributed by atoms with van der Waals surface area (Å²) in [5, 5.41) is 8.26. The fourth-order valence-electron chi connectivity index (χ4n) is 3.79.